The number of rotatable bonds is 1. The van der Waals surface area contributed by atoms with Gasteiger partial charge in [0.2, 0.25) is 0 Å². The van der Waals surface area contributed by atoms with Crippen LogP contribution in [0.25, 0.3) is 5.57 Å². The van der Waals surface area contributed by atoms with Crippen molar-refractivity contribution in [1.82, 2.24) is 0 Å². The first-order valence-electron chi connectivity index (χ1n) is 4.09. The average Bonchev–Trinajstić information content (AvgIpc) is 2.20. The van der Waals surface area contributed by atoms with Crippen molar-refractivity contribution < 1.29 is 17.6 Å². The number of nitrogens with zero attached hydrogens (tertiary/aromatic N) is 1. The average molecular weight is 284 g/mol. The molecule has 90 valence electrons. The molecular formula is C10H3Cl2F4N. The largest absolute Gasteiger partial charge is 0.417 e. The zero-order valence-electron chi connectivity index (χ0n) is 7.95. The van der Waals surface area contributed by atoms with Gasteiger partial charge in [0.25, 0.3) is 0 Å². The van der Waals surface area contributed by atoms with Gasteiger partial charge in [-0.25, -0.2) is 4.39 Å². The van der Waals surface area contributed by atoms with Gasteiger partial charge in [-0.2, -0.15) is 18.4 Å². The van der Waals surface area contributed by atoms with Gasteiger partial charge in [-0.15, -0.1) is 0 Å². The van der Waals surface area contributed by atoms with Crippen molar-refractivity contribution in [1.29, 1.82) is 5.26 Å². The van der Waals surface area contributed by atoms with Crippen LogP contribution in [0.2, 0.25) is 10.0 Å². The maximum atomic E-state index is 13.0. The first kappa shape index (κ1) is 13.8. The van der Waals surface area contributed by atoms with Crippen molar-refractivity contribution in [2.45, 2.75) is 6.18 Å². The lowest BCUT2D eigenvalue weighted by atomic mass is 10.1. The lowest BCUT2D eigenvalue weighted by molar-refractivity contribution is -0.0688. The first-order valence-corrected chi connectivity index (χ1v) is 4.85. The Morgan fingerprint density at radius 1 is 1.24 bits per heavy atom. The molecule has 0 saturated carbocycles. The summed E-state index contributed by atoms with van der Waals surface area (Å²) >= 11 is 10.8. The maximum Gasteiger partial charge on any atom is 0.417 e. The highest BCUT2D eigenvalue weighted by Gasteiger charge is 2.35. The quantitative estimate of drug-likeness (QED) is 0.420. The van der Waals surface area contributed by atoms with Crippen LogP contribution in [0.4, 0.5) is 17.6 Å². The lowest BCUT2D eigenvalue weighted by Crippen LogP contribution is -2.10. The number of nitriles is 1. The van der Waals surface area contributed by atoms with Crippen LogP contribution in [-0.4, -0.2) is 6.18 Å². The van der Waals surface area contributed by atoms with Gasteiger partial charge in [0.1, 0.15) is 0 Å². The monoisotopic (exact) mass is 283 g/mol. The summed E-state index contributed by atoms with van der Waals surface area (Å²) in [7, 11) is 0. The van der Waals surface area contributed by atoms with Crippen molar-refractivity contribution in [3.05, 3.63) is 39.6 Å². The van der Waals surface area contributed by atoms with E-state index in [1.54, 1.807) is 0 Å². The molecule has 0 radical (unpaired) electrons. The zero-order valence-corrected chi connectivity index (χ0v) is 9.46. The number of halogens is 6. The fourth-order valence-electron chi connectivity index (χ4n) is 1.10. The van der Waals surface area contributed by atoms with Gasteiger partial charge in [0, 0.05) is 6.08 Å². The Kier molecular flexibility index (Phi) is 4.02. The smallest absolute Gasteiger partial charge is 0.204 e. The predicted octanol–water partition coefficient (Wildman–Crippen LogP) is 4.60. The van der Waals surface area contributed by atoms with Crippen LogP contribution in [-0.2, 0) is 0 Å². The summed E-state index contributed by atoms with van der Waals surface area (Å²) in [6, 6.07) is 2.79. The fourth-order valence-corrected chi connectivity index (χ4v) is 1.59. The molecule has 0 fully saturated rings. The van der Waals surface area contributed by atoms with Crippen LogP contribution in [0.15, 0.2) is 18.2 Å². The second-order valence-corrected chi connectivity index (χ2v) is 3.75. The molecule has 0 heterocycles. The van der Waals surface area contributed by atoms with E-state index < -0.39 is 33.2 Å². The molecule has 0 aliphatic heterocycles. The first-order chi connectivity index (χ1) is 7.77. The third-order valence-electron chi connectivity index (χ3n) is 1.81. The molecule has 0 aliphatic carbocycles. The highest BCUT2D eigenvalue weighted by molar-refractivity contribution is 6.35. The van der Waals surface area contributed by atoms with E-state index in [9.17, 15) is 17.6 Å². The maximum absolute atomic E-state index is 13.0. The van der Waals surface area contributed by atoms with E-state index in [0.717, 1.165) is 12.1 Å². The van der Waals surface area contributed by atoms with Gasteiger partial charge < -0.3 is 0 Å². The minimum atomic E-state index is -4.75. The Balaban J connectivity index is 3.43. The van der Waals surface area contributed by atoms with E-state index in [4.69, 9.17) is 28.5 Å². The SMILES string of the molecule is N#C/C=C(/c1cc(Cl)c(F)c(Cl)c1)C(F)(F)F. The Labute approximate surface area is 104 Å². The molecule has 0 spiro atoms. The highest BCUT2D eigenvalue weighted by Crippen LogP contribution is 2.37. The minimum Gasteiger partial charge on any atom is -0.204 e. The second kappa shape index (κ2) is 4.94. The van der Waals surface area contributed by atoms with E-state index in [1.165, 1.54) is 6.07 Å². The summed E-state index contributed by atoms with van der Waals surface area (Å²) in [6.45, 7) is 0. The summed E-state index contributed by atoms with van der Waals surface area (Å²) in [5.74, 6) is -1.00. The molecule has 0 unspecified atom stereocenters. The van der Waals surface area contributed by atoms with Crippen LogP contribution in [0.5, 0.6) is 0 Å². The van der Waals surface area contributed by atoms with Crippen molar-refractivity contribution in [2.75, 3.05) is 0 Å². The molecule has 0 aromatic heterocycles. The summed E-state index contributed by atoms with van der Waals surface area (Å²) in [6.07, 6.45) is -4.44. The number of alkyl halides is 3. The molecule has 1 aromatic carbocycles. The summed E-state index contributed by atoms with van der Waals surface area (Å²) < 4.78 is 50.7. The molecule has 17 heavy (non-hydrogen) atoms. The molecule has 0 bridgehead atoms. The second-order valence-electron chi connectivity index (χ2n) is 2.94. The number of hydrogen-bond acceptors (Lipinski definition) is 1. The molecule has 0 aliphatic rings. The third-order valence-corrected chi connectivity index (χ3v) is 2.36. The molecule has 0 amide bonds. The van der Waals surface area contributed by atoms with Gasteiger partial charge in [0.05, 0.1) is 21.7 Å². The normalized spacial score (nSPS) is 12.4. The number of allylic oxidation sites excluding steroid dienone is 2. The Hall–Kier alpha value is -1.25. The number of benzene rings is 1. The van der Waals surface area contributed by atoms with Crippen LogP contribution >= 0.6 is 23.2 Å². The summed E-state index contributed by atoms with van der Waals surface area (Å²) in [4.78, 5) is 0. The van der Waals surface area contributed by atoms with Crippen LogP contribution in [0.3, 0.4) is 0 Å². The summed E-state index contributed by atoms with van der Waals surface area (Å²) in [5, 5.41) is 7.21. The van der Waals surface area contributed by atoms with Crippen LogP contribution in [0, 0.1) is 17.1 Å². The summed E-state index contributed by atoms with van der Waals surface area (Å²) in [5.41, 5.74) is -1.70. The van der Waals surface area contributed by atoms with Crippen molar-refractivity contribution >= 4 is 28.8 Å². The highest BCUT2D eigenvalue weighted by atomic mass is 35.5. The Bertz CT molecular complexity index is 491. The van der Waals surface area contributed by atoms with Gasteiger partial charge in [-0.05, 0) is 17.7 Å². The molecule has 1 aromatic rings. The standard InChI is InChI=1S/C10H3Cl2F4N/c11-7-3-5(4-8(12)9(7)13)6(1-2-17)10(14,15)16/h1,3-4H/b6-1-. The number of hydrogen-bond donors (Lipinski definition) is 0. The van der Waals surface area contributed by atoms with E-state index >= 15 is 0 Å². The van der Waals surface area contributed by atoms with Crippen molar-refractivity contribution in [3.63, 3.8) is 0 Å². The minimum absolute atomic E-state index is 0.305. The van der Waals surface area contributed by atoms with Gasteiger partial charge in [-0.3, -0.25) is 0 Å². The third kappa shape index (κ3) is 3.11. The molecule has 1 nitrogen and oxygen atoms in total. The molecule has 0 saturated heterocycles. The van der Waals surface area contributed by atoms with E-state index in [2.05, 4.69) is 0 Å². The molecule has 0 atom stereocenters. The van der Waals surface area contributed by atoms with E-state index in [0.29, 0.717) is 6.08 Å². The lowest BCUT2D eigenvalue weighted by Gasteiger charge is -2.11. The van der Waals surface area contributed by atoms with Crippen LogP contribution in [0.1, 0.15) is 5.56 Å². The van der Waals surface area contributed by atoms with E-state index in [-0.39, 0.29) is 0 Å². The van der Waals surface area contributed by atoms with Gasteiger partial charge in [-0.1, -0.05) is 23.2 Å². The predicted molar refractivity (Wildman–Crippen MR) is 56.1 cm³/mol. The molecule has 0 N–H and O–H groups in total. The molecule has 7 heteroatoms. The van der Waals surface area contributed by atoms with Crippen LogP contribution < -0.4 is 0 Å². The van der Waals surface area contributed by atoms with E-state index in [1.807, 2.05) is 0 Å². The fraction of sp³-hybridized carbons (Fsp3) is 0.100. The molecule has 1 rings (SSSR count). The molecular weight excluding hydrogens is 281 g/mol. The Morgan fingerprint density at radius 3 is 2.06 bits per heavy atom. The Morgan fingerprint density at radius 2 is 1.71 bits per heavy atom. The van der Waals surface area contributed by atoms with Crippen molar-refractivity contribution in [2.24, 2.45) is 0 Å². The van der Waals surface area contributed by atoms with Crippen molar-refractivity contribution in [3.8, 4) is 6.07 Å². The van der Waals surface area contributed by atoms with Gasteiger partial charge >= 0.3 is 6.18 Å². The topological polar surface area (TPSA) is 23.8 Å². The van der Waals surface area contributed by atoms with Gasteiger partial charge in [0.15, 0.2) is 5.82 Å². The zero-order chi connectivity index (χ0) is 13.2.